The van der Waals surface area contributed by atoms with Crippen LogP contribution < -0.4 is 0 Å². The van der Waals surface area contributed by atoms with Crippen molar-refractivity contribution in [3.05, 3.63) is 35.9 Å². The zero-order valence-electron chi connectivity index (χ0n) is 6.65. The van der Waals surface area contributed by atoms with E-state index >= 15 is 0 Å². The second-order valence-corrected chi connectivity index (χ2v) is 2.71. The second kappa shape index (κ2) is 2.35. The Morgan fingerprint density at radius 3 is 3.17 bits per heavy atom. The van der Waals surface area contributed by atoms with Gasteiger partial charge in [0.1, 0.15) is 6.07 Å². The maximum Gasteiger partial charge on any atom is 0.101 e. The number of imidazole rings is 1. The fraction of sp³-hybridized carbons (Fsp3) is 0.111. The minimum absolute atomic E-state index is 0.665. The van der Waals surface area contributed by atoms with Crippen LogP contribution in [0, 0.1) is 18.3 Å². The third-order valence-electron chi connectivity index (χ3n) is 1.85. The highest BCUT2D eigenvalue weighted by molar-refractivity contribution is 5.54. The van der Waals surface area contributed by atoms with Gasteiger partial charge in [-0.1, -0.05) is 0 Å². The molecule has 0 atom stereocenters. The van der Waals surface area contributed by atoms with Crippen molar-refractivity contribution in [3.8, 4) is 6.07 Å². The molecule has 2 heterocycles. The Morgan fingerprint density at radius 2 is 2.42 bits per heavy atom. The van der Waals surface area contributed by atoms with Crippen molar-refractivity contribution in [2.75, 3.05) is 0 Å². The standard InChI is InChI=1S/C9H7N3/c1-7-2-8(3-10)5-12-6-11-4-9(7)12/h2,4-6H,1H3. The molecular weight excluding hydrogens is 150 g/mol. The molecule has 58 valence electrons. The molecule has 0 N–H and O–H groups in total. The van der Waals surface area contributed by atoms with Gasteiger partial charge < -0.3 is 4.40 Å². The lowest BCUT2D eigenvalue weighted by Crippen LogP contribution is -1.87. The minimum atomic E-state index is 0.665. The summed E-state index contributed by atoms with van der Waals surface area (Å²) in [7, 11) is 0. The number of pyridine rings is 1. The van der Waals surface area contributed by atoms with E-state index in [0.717, 1.165) is 11.1 Å². The van der Waals surface area contributed by atoms with Gasteiger partial charge in [-0.3, -0.25) is 0 Å². The van der Waals surface area contributed by atoms with Gasteiger partial charge >= 0.3 is 0 Å². The molecule has 0 amide bonds. The third kappa shape index (κ3) is 0.857. The molecule has 0 aromatic carbocycles. The lowest BCUT2D eigenvalue weighted by molar-refractivity contribution is 1.13. The van der Waals surface area contributed by atoms with E-state index in [1.165, 1.54) is 0 Å². The number of hydrogen-bond acceptors (Lipinski definition) is 2. The van der Waals surface area contributed by atoms with Crippen molar-refractivity contribution in [3.63, 3.8) is 0 Å². The predicted molar refractivity (Wildman–Crippen MR) is 44.6 cm³/mol. The highest BCUT2D eigenvalue weighted by atomic mass is 15.0. The highest BCUT2D eigenvalue weighted by Gasteiger charge is 1.99. The summed E-state index contributed by atoms with van der Waals surface area (Å²) in [6, 6.07) is 3.96. The van der Waals surface area contributed by atoms with Gasteiger partial charge in [-0.15, -0.1) is 0 Å². The first kappa shape index (κ1) is 6.86. The molecule has 0 fully saturated rings. The van der Waals surface area contributed by atoms with Crippen molar-refractivity contribution in [1.29, 1.82) is 5.26 Å². The third-order valence-corrected chi connectivity index (χ3v) is 1.85. The zero-order valence-corrected chi connectivity index (χ0v) is 6.65. The Morgan fingerprint density at radius 1 is 1.58 bits per heavy atom. The minimum Gasteiger partial charge on any atom is -0.305 e. The number of nitrogens with zero attached hydrogens (tertiary/aromatic N) is 3. The van der Waals surface area contributed by atoms with Gasteiger partial charge in [0.15, 0.2) is 0 Å². The number of hydrogen-bond donors (Lipinski definition) is 0. The number of aromatic nitrogens is 2. The summed E-state index contributed by atoms with van der Waals surface area (Å²) >= 11 is 0. The Balaban J connectivity index is 2.86. The first-order valence-corrected chi connectivity index (χ1v) is 3.63. The van der Waals surface area contributed by atoms with Gasteiger partial charge in [-0.2, -0.15) is 5.26 Å². The quantitative estimate of drug-likeness (QED) is 0.581. The lowest BCUT2D eigenvalue weighted by atomic mass is 10.2. The van der Waals surface area contributed by atoms with Crippen LogP contribution in [0.2, 0.25) is 0 Å². The van der Waals surface area contributed by atoms with Crippen LogP contribution in [0.1, 0.15) is 11.1 Å². The summed E-state index contributed by atoms with van der Waals surface area (Å²) in [5, 5.41) is 8.68. The van der Waals surface area contributed by atoms with E-state index in [-0.39, 0.29) is 0 Å². The maximum atomic E-state index is 8.68. The van der Waals surface area contributed by atoms with Gasteiger partial charge in [0.2, 0.25) is 0 Å². The molecule has 3 nitrogen and oxygen atoms in total. The molecule has 0 spiro atoms. The fourth-order valence-electron chi connectivity index (χ4n) is 1.27. The molecule has 2 rings (SSSR count). The average molecular weight is 157 g/mol. The zero-order chi connectivity index (χ0) is 8.55. The van der Waals surface area contributed by atoms with Crippen molar-refractivity contribution in [1.82, 2.24) is 9.38 Å². The van der Waals surface area contributed by atoms with E-state index < -0.39 is 0 Å². The van der Waals surface area contributed by atoms with Crippen molar-refractivity contribution in [2.24, 2.45) is 0 Å². The van der Waals surface area contributed by atoms with Crippen LogP contribution in [0.25, 0.3) is 5.52 Å². The number of fused-ring (bicyclic) bond motifs is 1. The second-order valence-electron chi connectivity index (χ2n) is 2.71. The van der Waals surface area contributed by atoms with Gasteiger partial charge in [0.25, 0.3) is 0 Å². The van der Waals surface area contributed by atoms with Crippen molar-refractivity contribution < 1.29 is 0 Å². The summed E-state index contributed by atoms with van der Waals surface area (Å²) in [6.07, 6.45) is 5.26. The SMILES string of the molecule is Cc1cc(C#N)cn2cncc12. The Kier molecular flexibility index (Phi) is 1.34. The normalized spacial score (nSPS) is 10.0. The van der Waals surface area contributed by atoms with Crippen molar-refractivity contribution >= 4 is 5.52 Å². The molecule has 0 aliphatic rings. The van der Waals surface area contributed by atoms with Crippen LogP contribution in [0.15, 0.2) is 24.8 Å². The molecule has 0 saturated heterocycles. The number of nitriles is 1. The van der Waals surface area contributed by atoms with Crippen LogP contribution in [-0.4, -0.2) is 9.38 Å². The Hall–Kier alpha value is -1.82. The summed E-state index contributed by atoms with van der Waals surface area (Å²) in [4.78, 5) is 3.99. The molecule has 0 saturated carbocycles. The monoisotopic (exact) mass is 157 g/mol. The van der Waals surface area contributed by atoms with E-state index in [0.29, 0.717) is 5.56 Å². The summed E-state index contributed by atoms with van der Waals surface area (Å²) in [6.45, 7) is 1.97. The topological polar surface area (TPSA) is 41.1 Å². The van der Waals surface area contributed by atoms with Gasteiger partial charge in [0.05, 0.1) is 23.6 Å². The summed E-state index contributed by atoms with van der Waals surface area (Å²) < 4.78 is 1.86. The maximum absolute atomic E-state index is 8.68. The molecule has 2 aromatic heterocycles. The van der Waals surface area contributed by atoms with Crippen LogP contribution in [0.4, 0.5) is 0 Å². The van der Waals surface area contributed by atoms with Crippen LogP contribution in [0.3, 0.4) is 0 Å². The van der Waals surface area contributed by atoms with E-state index in [4.69, 9.17) is 5.26 Å². The first-order valence-electron chi connectivity index (χ1n) is 3.63. The van der Waals surface area contributed by atoms with Crippen LogP contribution in [-0.2, 0) is 0 Å². The smallest absolute Gasteiger partial charge is 0.101 e. The predicted octanol–water partition coefficient (Wildman–Crippen LogP) is 1.51. The van der Waals surface area contributed by atoms with E-state index in [2.05, 4.69) is 11.1 Å². The van der Waals surface area contributed by atoms with E-state index in [1.807, 2.05) is 17.4 Å². The fourth-order valence-corrected chi connectivity index (χ4v) is 1.27. The van der Waals surface area contributed by atoms with Gasteiger partial charge in [-0.25, -0.2) is 4.98 Å². The molecule has 12 heavy (non-hydrogen) atoms. The summed E-state index contributed by atoms with van der Waals surface area (Å²) in [5.41, 5.74) is 2.79. The van der Waals surface area contributed by atoms with Crippen molar-refractivity contribution in [2.45, 2.75) is 6.92 Å². The lowest BCUT2D eigenvalue weighted by Gasteiger charge is -1.97. The first-order chi connectivity index (χ1) is 5.81. The van der Waals surface area contributed by atoms with Gasteiger partial charge in [0, 0.05) is 6.20 Å². The van der Waals surface area contributed by atoms with Gasteiger partial charge in [-0.05, 0) is 18.6 Å². The highest BCUT2D eigenvalue weighted by Crippen LogP contribution is 2.10. The Bertz CT molecular complexity index is 462. The molecule has 0 aliphatic heterocycles. The Labute approximate surface area is 69.9 Å². The number of aryl methyl sites for hydroxylation is 1. The van der Waals surface area contributed by atoms with Crippen LogP contribution in [0.5, 0.6) is 0 Å². The molecule has 0 bridgehead atoms. The molecular formula is C9H7N3. The van der Waals surface area contributed by atoms with Crippen LogP contribution >= 0.6 is 0 Å². The molecule has 3 heteroatoms. The molecule has 2 aromatic rings. The van der Waals surface area contributed by atoms with E-state index in [1.54, 1.807) is 18.7 Å². The average Bonchev–Trinajstić information content (AvgIpc) is 2.52. The number of rotatable bonds is 0. The van der Waals surface area contributed by atoms with E-state index in [9.17, 15) is 0 Å². The largest absolute Gasteiger partial charge is 0.305 e. The molecule has 0 radical (unpaired) electrons. The molecule has 0 unspecified atom stereocenters. The summed E-state index contributed by atoms with van der Waals surface area (Å²) in [5.74, 6) is 0. The molecule has 0 aliphatic carbocycles.